The van der Waals surface area contributed by atoms with Crippen LogP contribution in [0.4, 0.5) is 4.39 Å². The lowest BCUT2D eigenvalue weighted by Gasteiger charge is -2.27. The molecule has 0 aliphatic carbocycles. The molecule has 152 valence electrons. The monoisotopic (exact) mass is 404 g/mol. The van der Waals surface area contributed by atoms with Crippen molar-refractivity contribution in [1.82, 2.24) is 4.90 Å². The van der Waals surface area contributed by atoms with E-state index in [0.717, 1.165) is 22.6 Å². The van der Waals surface area contributed by atoms with Crippen LogP contribution in [0.2, 0.25) is 0 Å². The van der Waals surface area contributed by atoms with Gasteiger partial charge in [-0.1, -0.05) is 31.2 Å². The van der Waals surface area contributed by atoms with Crippen LogP contribution >= 0.6 is 0 Å². The number of halogens is 1. The summed E-state index contributed by atoms with van der Waals surface area (Å²) >= 11 is 0. The van der Waals surface area contributed by atoms with E-state index in [-0.39, 0.29) is 17.7 Å². The highest BCUT2D eigenvalue weighted by atomic mass is 19.1. The molecule has 0 fully saturated rings. The maximum atomic E-state index is 13.2. The molecule has 5 nitrogen and oxygen atoms in total. The second kappa shape index (κ2) is 9.19. The summed E-state index contributed by atoms with van der Waals surface area (Å²) < 4.78 is 18.7. The van der Waals surface area contributed by atoms with Gasteiger partial charge < -0.3 is 4.74 Å². The minimum Gasteiger partial charge on any atom is -0.494 e. The molecule has 0 radical (unpaired) electrons. The molecule has 0 aromatic heterocycles. The molecule has 0 saturated heterocycles. The minimum absolute atomic E-state index is 0.0441. The molecule has 0 saturated carbocycles. The summed E-state index contributed by atoms with van der Waals surface area (Å²) in [5, 5.41) is 9.48. The molecule has 2 amide bonds. The number of amides is 2. The van der Waals surface area contributed by atoms with Crippen LogP contribution in [0.5, 0.6) is 5.75 Å². The molecule has 2 aromatic rings. The molecule has 0 atom stereocenters. The molecule has 6 heteroatoms. The summed E-state index contributed by atoms with van der Waals surface area (Å²) in [4.78, 5) is 26.8. The Balaban J connectivity index is 1.94. The molecule has 0 N–H and O–H groups in total. The van der Waals surface area contributed by atoms with Gasteiger partial charge in [-0.25, -0.2) is 4.39 Å². The zero-order valence-corrected chi connectivity index (χ0v) is 16.8. The van der Waals surface area contributed by atoms with Gasteiger partial charge >= 0.3 is 0 Å². The third kappa shape index (κ3) is 4.47. The van der Waals surface area contributed by atoms with Crippen LogP contribution in [-0.4, -0.2) is 23.3 Å². The Morgan fingerprint density at radius 2 is 1.73 bits per heavy atom. The van der Waals surface area contributed by atoms with Crippen molar-refractivity contribution >= 4 is 17.9 Å². The van der Waals surface area contributed by atoms with Gasteiger partial charge in [-0.05, 0) is 60.4 Å². The predicted octanol–water partition coefficient (Wildman–Crippen LogP) is 4.41. The van der Waals surface area contributed by atoms with Gasteiger partial charge in [-0.3, -0.25) is 14.5 Å². The van der Waals surface area contributed by atoms with E-state index in [4.69, 9.17) is 4.74 Å². The first-order valence-electron chi connectivity index (χ1n) is 9.61. The van der Waals surface area contributed by atoms with Gasteiger partial charge in [0.1, 0.15) is 23.2 Å². The fraction of sp³-hybridized carbons (Fsp3) is 0.208. The molecule has 3 rings (SSSR count). The van der Waals surface area contributed by atoms with Crippen LogP contribution in [0.15, 0.2) is 65.3 Å². The molecule has 1 aliphatic rings. The van der Waals surface area contributed by atoms with Crippen molar-refractivity contribution in [2.75, 3.05) is 6.61 Å². The maximum Gasteiger partial charge on any atom is 0.271 e. The number of hydrogen-bond acceptors (Lipinski definition) is 4. The Bertz CT molecular complexity index is 1060. The van der Waals surface area contributed by atoms with Gasteiger partial charge in [0.05, 0.1) is 13.2 Å². The van der Waals surface area contributed by atoms with Gasteiger partial charge in [0.25, 0.3) is 11.8 Å². The molecule has 0 unspecified atom stereocenters. The Morgan fingerprint density at radius 1 is 1.07 bits per heavy atom. The number of imide groups is 1. The lowest BCUT2D eigenvalue weighted by molar-refractivity contribution is -0.141. The summed E-state index contributed by atoms with van der Waals surface area (Å²) in [7, 11) is 0. The summed E-state index contributed by atoms with van der Waals surface area (Å²) in [5.41, 5.74) is 1.87. The second-order valence-corrected chi connectivity index (χ2v) is 6.91. The highest BCUT2D eigenvalue weighted by Gasteiger charge is 2.35. The standard InChI is InChI=1S/C24H21FN2O3/c1-3-12-30-20-10-6-17(7-11-20)13-21-16(2)22(14-26)24(29)27(23(21)28)15-18-4-8-19(25)9-5-18/h4-11,13H,3,12,15H2,1-2H3/b21-13+. The zero-order chi connectivity index (χ0) is 21.7. The molecule has 30 heavy (non-hydrogen) atoms. The van der Waals surface area contributed by atoms with Crippen LogP contribution < -0.4 is 4.74 Å². The third-order valence-corrected chi connectivity index (χ3v) is 4.74. The topological polar surface area (TPSA) is 70.4 Å². The van der Waals surface area contributed by atoms with Crippen molar-refractivity contribution in [3.8, 4) is 11.8 Å². The largest absolute Gasteiger partial charge is 0.494 e. The van der Waals surface area contributed by atoms with Crippen LogP contribution in [0, 0.1) is 17.1 Å². The van der Waals surface area contributed by atoms with Crippen LogP contribution in [0.25, 0.3) is 6.08 Å². The first-order valence-corrected chi connectivity index (χ1v) is 9.61. The van der Waals surface area contributed by atoms with E-state index < -0.39 is 17.6 Å². The number of carbonyl (C=O) groups excluding carboxylic acids is 2. The highest BCUT2D eigenvalue weighted by molar-refractivity contribution is 6.19. The maximum absolute atomic E-state index is 13.2. The van der Waals surface area contributed by atoms with Crippen LogP contribution in [0.3, 0.4) is 0 Å². The van der Waals surface area contributed by atoms with E-state index in [1.165, 1.54) is 24.3 Å². The Kier molecular flexibility index (Phi) is 6.43. The van der Waals surface area contributed by atoms with E-state index in [9.17, 15) is 19.2 Å². The third-order valence-electron chi connectivity index (χ3n) is 4.74. The van der Waals surface area contributed by atoms with Crippen molar-refractivity contribution in [1.29, 1.82) is 5.26 Å². The molecule has 0 bridgehead atoms. The predicted molar refractivity (Wildman–Crippen MR) is 110 cm³/mol. The van der Waals surface area contributed by atoms with Gasteiger partial charge in [0, 0.05) is 5.57 Å². The fourth-order valence-electron chi connectivity index (χ4n) is 3.09. The first kappa shape index (κ1) is 21.0. The number of nitriles is 1. The zero-order valence-electron chi connectivity index (χ0n) is 16.8. The van der Waals surface area contributed by atoms with Crippen molar-refractivity contribution in [2.45, 2.75) is 26.8 Å². The second-order valence-electron chi connectivity index (χ2n) is 6.91. The summed E-state index contributed by atoms with van der Waals surface area (Å²) in [5.74, 6) is -0.820. The number of rotatable bonds is 6. The van der Waals surface area contributed by atoms with Crippen molar-refractivity contribution in [3.05, 3.63) is 82.2 Å². The summed E-state index contributed by atoms with van der Waals surface area (Å²) in [6.45, 7) is 4.19. The van der Waals surface area contributed by atoms with Crippen LogP contribution in [0.1, 0.15) is 31.4 Å². The van der Waals surface area contributed by atoms with E-state index in [1.807, 2.05) is 25.1 Å². The molecule has 2 aromatic carbocycles. The molecule has 1 aliphatic heterocycles. The van der Waals surface area contributed by atoms with E-state index >= 15 is 0 Å². The lowest BCUT2D eigenvalue weighted by atomic mass is 9.93. The van der Waals surface area contributed by atoms with E-state index in [1.54, 1.807) is 25.1 Å². The summed E-state index contributed by atoms with van der Waals surface area (Å²) in [6.07, 6.45) is 2.56. The van der Waals surface area contributed by atoms with Gasteiger partial charge in [0.15, 0.2) is 0 Å². The van der Waals surface area contributed by atoms with E-state index in [0.29, 0.717) is 17.7 Å². The number of nitrogens with zero attached hydrogens (tertiary/aromatic N) is 2. The van der Waals surface area contributed by atoms with Crippen molar-refractivity contribution < 1.29 is 18.7 Å². The Labute approximate surface area is 174 Å². The van der Waals surface area contributed by atoms with Gasteiger partial charge in [-0.15, -0.1) is 0 Å². The number of hydrogen-bond donors (Lipinski definition) is 0. The number of ether oxygens (including phenoxy) is 1. The minimum atomic E-state index is -0.648. The molecule has 1 heterocycles. The Morgan fingerprint density at radius 3 is 2.33 bits per heavy atom. The quantitative estimate of drug-likeness (QED) is 0.528. The van der Waals surface area contributed by atoms with Crippen molar-refractivity contribution in [3.63, 3.8) is 0 Å². The normalized spacial score (nSPS) is 15.5. The number of carbonyl (C=O) groups is 2. The van der Waals surface area contributed by atoms with Gasteiger partial charge in [0.2, 0.25) is 0 Å². The lowest BCUT2D eigenvalue weighted by Crippen LogP contribution is -2.42. The molecule has 0 spiro atoms. The molecular formula is C24H21FN2O3. The Hall–Kier alpha value is -3.72. The van der Waals surface area contributed by atoms with E-state index in [2.05, 4.69) is 0 Å². The first-order chi connectivity index (χ1) is 14.4. The van der Waals surface area contributed by atoms with Gasteiger partial charge in [-0.2, -0.15) is 5.26 Å². The summed E-state index contributed by atoms with van der Waals surface area (Å²) in [6, 6.07) is 14.7. The smallest absolute Gasteiger partial charge is 0.271 e. The average Bonchev–Trinajstić information content (AvgIpc) is 2.75. The number of benzene rings is 2. The SMILES string of the molecule is CCCOc1ccc(/C=C2/C(=O)N(Cc3ccc(F)cc3)C(=O)C(C#N)=C2C)cc1. The fourth-order valence-corrected chi connectivity index (χ4v) is 3.09. The van der Waals surface area contributed by atoms with Crippen LogP contribution in [-0.2, 0) is 16.1 Å². The highest BCUT2D eigenvalue weighted by Crippen LogP contribution is 2.28. The van der Waals surface area contributed by atoms with Crippen molar-refractivity contribution in [2.24, 2.45) is 0 Å². The molecular weight excluding hydrogens is 383 g/mol. The average molecular weight is 404 g/mol.